The lowest BCUT2D eigenvalue weighted by molar-refractivity contribution is -0.121. The van der Waals surface area contributed by atoms with E-state index in [0.29, 0.717) is 32.4 Å². The lowest BCUT2D eigenvalue weighted by Gasteiger charge is -2.17. The number of benzene rings is 1. The second-order valence-electron chi connectivity index (χ2n) is 5.05. The van der Waals surface area contributed by atoms with Crippen LogP contribution in [0, 0.1) is 0 Å². The number of carbonyl (C=O) groups excluding carboxylic acids is 3. The zero-order chi connectivity index (χ0) is 15.2. The molecule has 1 heterocycles. The van der Waals surface area contributed by atoms with Crippen molar-refractivity contribution in [3.63, 3.8) is 0 Å². The molecule has 6 heteroatoms. The number of hydrogen-bond donors (Lipinski definition) is 3. The van der Waals surface area contributed by atoms with Gasteiger partial charge in [-0.25, -0.2) is 0 Å². The van der Waals surface area contributed by atoms with E-state index < -0.39 is 0 Å². The molecule has 0 saturated carbocycles. The van der Waals surface area contributed by atoms with Gasteiger partial charge in [0.25, 0.3) is 0 Å². The van der Waals surface area contributed by atoms with Crippen molar-refractivity contribution in [3.8, 4) is 0 Å². The van der Waals surface area contributed by atoms with Crippen molar-refractivity contribution in [1.29, 1.82) is 0 Å². The van der Waals surface area contributed by atoms with Gasteiger partial charge in [0.1, 0.15) is 0 Å². The van der Waals surface area contributed by atoms with E-state index in [-0.39, 0.29) is 17.7 Å². The van der Waals surface area contributed by atoms with Crippen LogP contribution in [0.4, 0.5) is 5.69 Å². The first kappa shape index (κ1) is 15.0. The Hall–Kier alpha value is -2.37. The molecule has 0 atom stereocenters. The predicted octanol–water partition coefficient (Wildman–Crippen LogP) is 0.366. The SMILES string of the molecule is CC(=O)NCCNC(=O)Cc1ccc2c(c1)CCC(=O)N2. The summed E-state index contributed by atoms with van der Waals surface area (Å²) in [5, 5.41) is 8.18. The number of aryl methyl sites for hydroxylation is 1. The molecular formula is C15H19N3O3. The van der Waals surface area contributed by atoms with Crippen LogP contribution in [0.1, 0.15) is 24.5 Å². The van der Waals surface area contributed by atoms with Gasteiger partial charge in [0, 0.05) is 32.1 Å². The smallest absolute Gasteiger partial charge is 0.224 e. The Morgan fingerprint density at radius 2 is 1.95 bits per heavy atom. The van der Waals surface area contributed by atoms with Crippen LogP contribution in [-0.4, -0.2) is 30.8 Å². The quantitative estimate of drug-likeness (QED) is 0.684. The monoisotopic (exact) mass is 289 g/mol. The highest BCUT2D eigenvalue weighted by atomic mass is 16.2. The van der Waals surface area contributed by atoms with Crippen LogP contribution in [0.3, 0.4) is 0 Å². The highest BCUT2D eigenvalue weighted by Gasteiger charge is 2.15. The Labute approximate surface area is 123 Å². The van der Waals surface area contributed by atoms with Gasteiger partial charge >= 0.3 is 0 Å². The molecule has 21 heavy (non-hydrogen) atoms. The van der Waals surface area contributed by atoms with Crippen LogP contribution in [0.15, 0.2) is 18.2 Å². The zero-order valence-electron chi connectivity index (χ0n) is 12.0. The standard InChI is InChI=1S/C15H19N3O3/c1-10(19)16-6-7-17-15(21)9-11-2-4-13-12(8-11)3-5-14(20)18-13/h2,4,8H,3,5-7,9H2,1H3,(H,16,19)(H,17,21)(H,18,20). The van der Waals surface area contributed by atoms with Gasteiger partial charge in [0.2, 0.25) is 17.7 Å². The summed E-state index contributed by atoms with van der Waals surface area (Å²) in [6, 6.07) is 5.65. The van der Waals surface area contributed by atoms with Crippen molar-refractivity contribution in [3.05, 3.63) is 29.3 Å². The molecule has 0 spiro atoms. The summed E-state index contributed by atoms with van der Waals surface area (Å²) in [6.07, 6.45) is 1.49. The van der Waals surface area contributed by atoms with Crippen LogP contribution in [0.5, 0.6) is 0 Å². The maximum Gasteiger partial charge on any atom is 0.224 e. The average Bonchev–Trinajstić information content (AvgIpc) is 2.43. The Morgan fingerprint density at radius 1 is 1.19 bits per heavy atom. The lowest BCUT2D eigenvalue weighted by atomic mass is 9.99. The van der Waals surface area contributed by atoms with Crippen LogP contribution in [-0.2, 0) is 27.2 Å². The molecule has 0 aromatic heterocycles. The van der Waals surface area contributed by atoms with Gasteiger partial charge in [0.15, 0.2) is 0 Å². The molecule has 1 aromatic rings. The number of carbonyl (C=O) groups is 3. The van der Waals surface area contributed by atoms with Gasteiger partial charge in [-0.05, 0) is 23.6 Å². The summed E-state index contributed by atoms with van der Waals surface area (Å²) in [6.45, 7) is 2.28. The van der Waals surface area contributed by atoms with Crippen molar-refractivity contribution in [2.24, 2.45) is 0 Å². The number of rotatable bonds is 5. The highest BCUT2D eigenvalue weighted by molar-refractivity contribution is 5.94. The summed E-state index contributed by atoms with van der Waals surface area (Å²) in [5.41, 5.74) is 2.82. The van der Waals surface area contributed by atoms with Crippen molar-refractivity contribution in [1.82, 2.24) is 10.6 Å². The fraction of sp³-hybridized carbons (Fsp3) is 0.400. The maximum absolute atomic E-state index is 11.8. The summed E-state index contributed by atoms with van der Waals surface area (Å²) in [7, 11) is 0. The Balaban J connectivity index is 1.84. The number of nitrogens with one attached hydrogen (secondary N) is 3. The molecule has 1 aliphatic rings. The zero-order valence-corrected chi connectivity index (χ0v) is 12.0. The number of amides is 3. The van der Waals surface area contributed by atoms with Crippen molar-refractivity contribution >= 4 is 23.4 Å². The largest absolute Gasteiger partial charge is 0.355 e. The van der Waals surface area contributed by atoms with Crippen LogP contribution in [0.2, 0.25) is 0 Å². The summed E-state index contributed by atoms with van der Waals surface area (Å²) in [4.78, 5) is 33.7. The van der Waals surface area contributed by atoms with Gasteiger partial charge in [-0.1, -0.05) is 12.1 Å². The highest BCUT2D eigenvalue weighted by Crippen LogP contribution is 2.23. The molecule has 3 N–H and O–H groups in total. The molecule has 3 amide bonds. The van der Waals surface area contributed by atoms with E-state index in [1.807, 2.05) is 18.2 Å². The van der Waals surface area contributed by atoms with Crippen molar-refractivity contribution in [2.75, 3.05) is 18.4 Å². The van der Waals surface area contributed by atoms with Gasteiger partial charge in [-0.3, -0.25) is 14.4 Å². The Kier molecular flexibility index (Phi) is 4.92. The molecule has 6 nitrogen and oxygen atoms in total. The average molecular weight is 289 g/mol. The molecule has 0 aliphatic carbocycles. The third kappa shape index (κ3) is 4.59. The minimum Gasteiger partial charge on any atom is -0.355 e. The maximum atomic E-state index is 11.8. The van der Waals surface area contributed by atoms with E-state index in [1.54, 1.807) is 0 Å². The van der Waals surface area contributed by atoms with E-state index >= 15 is 0 Å². The van der Waals surface area contributed by atoms with Crippen molar-refractivity contribution in [2.45, 2.75) is 26.2 Å². The fourth-order valence-electron chi connectivity index (χ4n) is 2.24. The minimum atomic E-state index is -0.110. The Morgan fingerprint density at radius 3 is 2.71 bits per heavy atom. The first-order valence-electron chi connectivity index (χ1n) is 6.97. The number of hydrogen-bond acceptors (Lipinski definition) is 3. The van der Waals surface area contributed by atoms with Crippen LogP contribution >= 0.6 is 0 Å². The summed E-state index contributed by atoms with van der Waals surface area (Å²) >= 11 is 0. The molecule has 0 fully saturated rings. The summed E-state index contributed by atoms with van der Waals surface area (Å²) < 4.78 is 0. The van der Waals surface area contributed by atoms with E-state index in [9.17, 15) is 14.4 Å². The molecular weight excluding hydrogens is 270 g/mol. The van der Waals surface area contributed by atoms with Gasteiger partial charge in [-0.15, -0.1) is 0 Å². The van der Waals surface area contributed by atoms with Gasteiger partial charge in [-0.2, -0.15) is 0 Å². The molecule has 2 rings (SSSR count). The minimum absolute atomic E-state index is 0.0333. The van der Waals surface area contributed by atoms with E-state index in [2.05, 4.69) is 16.0 Å². The number of anilines is 1. The second-order valence-corrected chi connectivity index (χ2v) is 5.05. The first-order chi connectivity index (χ1) is 10.0. The molecule has 0 radical (unpaired) electrons. The second kappa shape index (κ2) is 6.88. The summed E-state index contributed by atoms with van der Waals surface area (Å²) in [5.74, 6) is -0.160. The molecule has 0 unspecified atom stereocenters. The van der Waals surface area contributed by atoms with E-state index in [4.69, 9.17) is 0 Å². The molecule has 0 bridgehead atoms. The van der Waals surface area contributed by atoms with Crippen LogP contribution in [0.25, 0.3) is 0 Å². The number of fused-ring (bicyclic) bond motifs is 1. The van der Waals surface area contributed by atoms with Gasteiger partial charge in [0.05, 0.1) is 6.42 Å². The van der Waals surface area contributed by atoms with E-state index in [1.165, 1.54) is 6.92 Å². The van der Waals surface area contributed by atoms with Crippen LogP contribution < -0.4 is 16.0 Å². The molecule has 0 saturated heterocycles. The van der Waals surface area contributed by atoms with Gasteiger partial charge < -0.3 is 16.0 Å². The third-order valence-electron chi connectivity index (χ3n) is 3.25. The van der Waals surface area contributed by atoms with E-state index in [0.717, 1.165) is 16.8 Å². The predicted molar refractivity (Wildman–Crippen MR) is 78.8 cm³/mol. The molecule has 1 aliphatic heterocycles. The molecule has 1 aromatic carbocycles. The fourth-order valence-corrected chi connectivity index (χ4v) is 2.24. The molecule has 112 valence electrons. The normalized spacial score (nSPS) is 13.1. The van der Waals surface area contributed by atoms with Crippen molar-refractivity contribution < 1.29 is 14.4 Å². The Bertz CT molecular complexity index is 569. The third-order valence-corrected chi connectivity index (χ3v) is 3.25. The first-order valence-corrected chi connectivity index (χ1v) is 6.97. The topological polar surface area (TPSA) is 87.3 Å². The lowest BCUT2D eigenvalue weighted by Crippen LogP contribution is -2.34.